The van der Waals surface area contributed by atoms with Crippen LogP contribution < -0.4 is 4.74 Å². The predicted molar refractivity (Wildman–Crippen MR) is 80.6 cm³/mol. The van der Waals surface area contributed by atoms with Gasteiger partial charge in [0.25, 0.3) is 0 Å². The van der Waals surface area contributed by atoms with E-state index in [0.717, 1.165) is 18.6 Å². The molecular weight excluding hydrogens is 270 g/mol. The summed E-state index contributed by atoms with van der Waals surface area (Å²) in [5.41, 5.74) is 2.75. The van der Waals surface area contributed by atoms with Crippen LogP contribution in [-0.4, -0.2) is 65.8 Å². The fraction of sp³-hybridized carbons (Fsp3) is 0.625. The molecule has 0 amide bonds. The normalized spacial score (nSPS) is 15.2. The highest BCUT2D eigenvalue weighted by Gasteiger charge is 2.14. The van der Waals surface area contributed by atoms with Gasteiger partial charge in [-0.25, -0.2) is 0 Å². The van der Waals surface area contributed by atoms with E-state index in [1.54, 1.807) is 0 Å². The first-order chi connectivity index (χ1) is 10.2. The number of aliphatic hydroxyl groups is 3. The summed E-state index contributed by atoms with van der Waals surface area (Å²) < 4.78 is 5.65. The Hall–Kier alpha value is -1.14. The van der Waals surface area contributed by atoms with Gasteiger partial charge in [0.2, 0.25) is 0 Å². The van der Waals surface area contributed by atoms with Gasteiger partial charge in [0.05, 0.1) is 13.2 Å². The largest absolute Gasteiger partial charge is 0.491 e. The Bertz CT molecular complexity index is 432. The van der Waals surface area contributed by atoms with Crippen molar-refractivity contribution in [3.63, 3.8) is 0 Å². The van der Waals surface area contributed by atoms with E-state index >= 15 is 0 Å². The molecule has 0 unspecified atom stereocenters. The van der Waals surface area contributed by atoms with Crippen LogP contribution in [0.3, 0.4) is 0 Å². The van der Waals surface area contributed by atoms with E-state index in [1.807, 2.05) is 11.0 Å². The Morgan fingerprint density at radius 3 is 2.52 bits per heavy atom. The molecule has 0 fully saturated rings. The molecule has 0 aliphatic heterocycles. The smallest absolute Gasteiger partial charge is 0.119 e. The number of rotatable bonds is 9. The summed E-state index contributed by atoms with van der Waals surface area (Å²) >= 11 is 0. The van der Waals surface area contributed by atoms with E-state index in [1.165, 1.54) is 17.5 Å². The van der Waals surface area contributed by atoms with Crippen molar-refractivity contribution in [2.24, 2.45) is 0 Å². The molecule has 1 aromatic rings. The Kier molecular flexibility index (Phi) is 6.45. The van der Waals surface area contributed by atoms with Crippen molar-refractivity contribution in [2.75, 3.05) is 39.5 Å². The topological polar surface area (TPSA) is 73.2 Å². The van der Waals surface area contributed by atoms with Crippen molar-refractivity contribution in [3.8, 4) is 5.75 Å². The third kappa shape index (κ3) is 4.97. The molecule has 1 atom stereocenters. The minimum absolute atomic E-state index is 0.0123. The van der Waals surface area contributed by atoms with Crippen LogP contribution in [-0.2, 0) is 12.8 Å². The molecule has 0 aromatic heterocycles. The Labute approximate surface area is 125 Å². The average Bonchev–Trinajstić information content (AvgIpc) is 2.93. The van der Waals surface area contributed by atoms with Crippen LogP contribution in [0.2, 0.25) is 0 Å². The van der Waals surface area contributed by atoms with Gasteiger partial charge in [-0.3, -0.25) is 4.90 Å². The second kappa shape index (κ2) is 8.34. The van der Waals surface area contributed by atoms with Crippen LogP contribution in [0.4, 0.5) is 0 Å². The van der Waals surface area contributed by atoms with Crippen LogP contribution in [0.1, 0.15) is 17.5 Å². The zero-order valence-electron chi connectivity index (χ0n) is 12.4. The lowest BCUT2D eigenvalue weighted by atomic mass is 10.1. The highest BCUT2D eigenvalue weighted by atomic mass is 16.5. The second-order valence-electron chi connectivity index (χ2n) is 5.50. The molecule has 3 N–H and O–H groups in total. The highest BCUT2D eigenvalue weighted by molar-refractivity contribution is 5.38. The quantitative estimate of drug-likeness (QED) is 0.607. The molecule has 0 heterocycles. The third-order valence-corrected chi connectivity index (χ3v) is 3.81. The van der Waals surface area contributed by atoms with Crippen LogP contribution in [0.25, 0.3) is 0 Å². The zero-order valence-corrected chi connectivity index (χ0v) is 12.4. The van der Waals surface area contributed by atoms with Gasteiger partial charge in [-0.1, -0.05) is 6.07 Å². The maximum Gasteiger partial charge on any atom is 0.119 e. The molecule has 118 valence electrons. The summed E-state index contributed by atoms with van der Waals surface area (Å²) in [7, 11) is 0. The summed E-state index contributed by atoms with van der Waals surface area (Å²) in [6.07, 6.45) is 2.82. The number of benzene rings is 1. The second-order valence-corrected chi connectivity index (χ2v) is 5.50. The molecule has 1 aliphatic carbocycles. The van der Waals surface area contributed by atoms with E-state index in [9.17, 15) is 5.11 Å². The molecule has 21 heavy (non-hydrogen) atoms. The van der Waals surface area contributed by atoms with Gasteiger partial charge >= 0.3 is 0 Å². The fourth-order valence-corrected chi connectivity index (χ4v) is 2.76. The molecule has 0 saturated carbocycles. The minimum atomic E-state index is -0.642. The number of hydrogen-bond acceptors (Lipinski definition) is 5. The number of aryl methyl sites for hydroxylation is 2. The summed E-state index contributed by atoms with van der Waals surface area (Å²) in [6, 6.07) is 6.12. The molecule has 1 aliphatic rings. The molecule has 0 spiro atoms. The molecule has 2 rings (SSSR count). The Balaban J connectivity index is 1.79. The highest BCUT2D eigenvalue weighted by Crippen LogP contribution is 2.26. The number of aliphatic hydroxyl groups excluding tert-OH is 3. The summed E-state index contributed by atoms with van der Waals surface area (Å²) in [5, 5.41) is 27.9. The van der Waals surface area contributed by atoms with Crippen LogP contribution in [0.15, 0.2) is 18.2 Å². The average molecular weight is 295 g/mol. The van der Waals surface area contributed by atoms with Crippen LogP contribution in [0, 0.1) is 0 Å². The number of nitrogens with zero attached hydrogens (tertiary/aromatic N) is 1. The molecule has 5 nitrogen and oxygen atoms in total. The summed E-state index contributed by atoms with van der Waals surface area (Å²) in [6.45, 7) is 1.50. The molecule has 1 aromatic carbocycles. The van der Waals surface area contributed by atoms with Crippen molar-refractivity contribution in [1.82, 2.24) is 4.90 Å². The van der Waals surface area contributed by atoms with E-state index in [-0.39, 0.29) is 19.8 Å². The van der Waals surface area contributed by atoms with Gasteiger partial charge in [0.15, 0.2) is 0 Å². The lowest BCUT2D eigenvalue weighted by molar-refractivity contribution is 0.0552. The van der Waals surface area contributed by atoms with Crippen molar-refractivity contribution in [1.29, 1.82) is 0 Å². The third-order valence-electron chi connectivity index (χ3n) is 3.81. The maximum atomic E-state index is 10.00. The monoisotopic (exact) mass is 295 g/mol. The summed E-state index contributed by atoms with van der Waals surface area (Å²) in [4.78, 5) is 1.82. The van der Waals surface area contributed by atoms with E-state index in [2.05, 4.69) is 12.1 Å². The van der Waals surface area contributed by atoms with Crippen molar-refractivity contribution in [3.05, 3.63) is 29.3 Å². The SMILES string of the molecule is OCCN(CCO)C[C@@H](O)COc1ccc2c(c1)CCC2. The van der Waals surface area contributed by atoms with Gasteiger partial charge in [0.1, 0.15) is 18.5 Å². The standard InChI is InChI=1S/C16H25NO4/c18-8-6-17(7-9-19)11-15(20)12-21-16-5-4-13-2-1-3-14(13)10-16/h4-5,10,15,18-20H,1-3,6-9,11-12H2/t15-/m1/s1. The summed E-state index contributed by atoms with van der Waals surface area (Å²) in [5.74, 6) is 0.797. The lowest BCUT2D eigenvalue weighted by Crippen LogP contribution is -2.38. The maximum absolute atomic E-state index is 10.00. The molecule has 0 saturated heterocycles. The number of hydrogen-bond donors (Lipinski definition) is 3. The fourth-order valence-electron chi connectivity index (χ4n) is 2.76. The van der Waals surface area contributed by atoms with Crippen LogP contribution in [0.5, 0.6) is 5.75 Å². The lowest BCUT2D eigenvalue weighted by Gasteiger charge is -2.23. The predicted octanol–water partition coefficient (Wildman–Crippen LogP) is 0.202. The zero-order chi connectivity index (χ0) is 15.1. The van der Waals surface area contributed by atoms with Gasteiger partial charge in [-0.2, -0.15) is 0 Å². The molecule has 5 heteroatoms. The van der Waals surface area contributed by atoms with Gasteiger partial charge in [-0.05, 0) is 42.5 Å². The first kappa shape index (κ1) is 16.2. The van der Waals surface area contributed by atoms with E-state index < -0.39 is 6.10 Å². The molecular formula is C16H25NO4. The number of ether oxygens (including phenoxy) is 1. The van der Waals surface area contributed by atoms with Gasteiger partial charge in [-0.15, -0.1) is 0 Å². The van der Waals surface area contributed by atoms with Gasteiger partial charge < -0.3 is 20.1 Å². The van der Waals surface area contributed by atoms with E-state index in [0.29, 0.717) is 19.6 Å². The minimum Gasteiger partial charge on any atom is -0.491 e. The first-order valence-corrected chi connectivity index (χ1v) is 7.59. The Morgan fingerprint density at radius 2 is 1.81 bits per heavy atom. The van der Waals surface area contributed by atoms with Crippen LogP contribution >= 0.6 is 0 Å². The van der Waals surface area contributed by atoms with Crippen molar-refractivity contribution in [2.45, 2.75) is 25.4 Å². The first-order valence-electron chi connectivity index (χ1n) is 7.59. The van der Waals surface area contributed by atoms with Crippen molar-refractivity contribution < 1.29 is 20.1 Å². The Morgan fingerprint density at radius 1 is 1.10 bits per heavy atom. The molecule has 0 radical (unpaired) electrons. The van der Waals surface area contributed by atoms with Gasteiger partial charge in [0, 0.05) is 19.6 Å². The van der Waals surface area contributed by atoms with E-state index in [4.69, 9.17) is 14.9 Å². The van der Waals surface area contributed by atoms with Crippen molar-refractivity contribution >= 4 is 0 Å². The number of fused-ring (bicyclic) bond motifs is 1. The molecule has 0 bridgehead atoms.